The van der Waals surface area contributed by atoms with Gasteiger partial charge in [-0.1, -0.05) is 20.3 Å². The van der Waals surface area contributed by atoms with Crippen molar-refractivity contribution >= 4 is 0 Å². The lowest BCUT2D eigenvalue weighted by Gasteiger charge is -2.37. The van der Waals surface area contributed by atoms with Crippen molar-refractivity contribution in [3.63, 3.8) is 0 Å². The maximum absolute atomic E-state index is 10.2. The number of hydrogen-bond acceptors (Lipinski definition) is 5. The molecule has 0 aromatic heterocycles. The van der Waals surface area contributed by atoms with E-state index in [9.17, 15) is 5.11 Å². The largest absolute Gasteiger partial charge is 0.389 e. The minimum atomic E-state index is -0.427. The minimum Gasteiger partial charge on any atom is -0.389 e. The fraction of sp³-hybridized carbons (Fsp3) is 1.00. The number of likely N-dealkylation sites (tertiary alicyclic amines) is 1. The Hall–Kier alpha value is -0.200. The molecule has 1 saturated heterocycles. The van der Waals surface area contributed by atoms with Crippen LogP contribution in [0.3, 0.4) is 0 Å². The summed E-state index contributed by atoms with van der Waals surface area (Å²) >= 11 is 0. The molecule has 21 heavy (non-hydrogen) atoms. The van der Waals surface area contributed by atoms with Crippen LogP contribution >= 0.6 is 0 Å². The zero-order valence-electron chi connectivity index (χ0n) is 14.2. The van der Waals surface area contributed by atoms with Crippen LogP contribution in [0.4, 0.5) is 0 Å². The lowest BCUT2D eigenvalue weighted by Crippen LogP contribution is -2.50. The lowest BCUT2D eigenvalue weighted by molar-refractivity contribution is -0.0450. The molecule has 0 amide bonds. The van der Waals surface area contributed by atoms with Gasteiger partial charge in [0.25, 0.3) is 0 Å². The van der Waals surface area contributed by atoms with Crippen molar-refractivity contribution in [2.45, 2.75) is 64.3 Å². The number of hydrogen-bond donors (Lipinski definition) is 2. The van der Waals surface area contributed by atoms with Crippen LogP contribution in [0, 0.1) is 0 Å². The van der Waals surface area contributed by atoms with Crippen molar-refractivity contribution in [3.05, 3.63) is 0 Å². The molecule has 0 aromatic carbocycles. The highest BCUT2D eigenvalue weighted by Crippen LogP contribution is 2.17. The maximum atomic E-state index is 10.2. The van der Waals surface area contributed by atoms with Gasteiger partial charge in [0.1, 0.15) is 0 Å². The van der Waals surface area contributed by atoms with Crippen LogP contribution in [0.25, 0.3) is 0 Å². The fourth-order valence-corrected chi connectivity index (χ4v) is 2.78. The van der Waals surface area contributed by atoms with Crippen molar-refractivity contribution < 1.29 is 14.6 Å². The van der Waals surface area contributed by atoms with Gasteiger partial charge in [0.15, 0.2) is 0 Å². The van der Waals surface area contributed by atoms with E-state index in [-0.39, 0.29) is 6.10 Å². The molecule has 0 radical (unpaired) electrons. The van der Waals surface area contributed by atoms with Gasteiger partial charge in [0, 0.05) is 32.3 Å². The van der Waals surface area contributed by atoms with Crippen LogP contribution in [0.15, 0.2) is 0 Å². The second-order valence-electron chi connectivity index (χ2n) is 6.46. The molecule has 5 nitrogen and oxygen atoms in total. The summed E-state index contributed by atoms with van der Waals surface area (Å²) in [6, 6.07) is 1.05. The molecule has 5 heteroatoms. The summed E-state index contributed by atoms with van der Waals surface area (Å²) in [5, 5.41) is 13.7. The zero-order valence-corrected chi connectivity index (χ0v) is 14.2. The summed E-state index contributed by atoms with van der Waals surface area (Å²) in [4.78, 5) is 2.41. The zero-order chi connectivity index (χ0) is 15.7. The minimum absolute atomic E-state index is 0.0319. The fourth-order valence-electron chi connectivity index (χ4n) is 2.78. The van der Waals surface area contributed by atoms with E-state index >= 15 is 0 Å². The number of piperidine rings is 1. The van der Waals surface area contributed by atoms with E-state index in [2.05, 4.69) is 24.1 Å². The van der Waals surface area contributed by atoms with E-state index in [0.29, 0.717) is 31.8 Å². The Bertz CT molecular complexity index is 264. The molecule has 2 N–H and O–H groups in total. The molecule has 3 unspecified atom stereocenters. The highest BCUT2D eigenvalue weighted by atomic mass is 16.5. The molecule has 1 heterocycles. The first-order valence-electron chi connectivity index (χ1n) is 8.29. The number of methoxy groups -OCH3 is 1. The maximum Gasteiger partial charge on any atom is 0.0900 e. The van der Waals surface area contributed by atoms with Gasteiger partial charge in [-0.25, -0.2) is 0 Å². The average molecular weight is 302 g/mol. The molecular weight excluding hydrogens is 268 g/mol. The van der Waals surface area contributed by atoms with E-state index < -0.39 is 6.10 Å². The molecule has 1 fully saturated rings. The van der Waals surface area contributed by atoms with Crippen molar-refractivity contribution in [2.24, 2.45) is 0 Å². The molecule has 1 aliphatic rings. The molecule has 0 aliphatic carbocycles. The smallest absolute Gasteiger partial charge is 0.0900 e. The number of ether oxygens (including phenoxy) is 2. The Morgan fingerprint density at radius 1 is 1.24 bits per heavy atom. The van der Waals surface area contributed by atoms with Crippen LogP contribution in [0.1, 0.15) is 40.0 Å². The Balaban J connectivity index is 2.31. The van der Waals surface area contributed by atoms with Crippen molar-refractivity contribution in [2.75, 3.05) is 40.0 Å². The van der Waals surface area contributed by atoms with E-state index in [1.165, 1.54) is 19.3 Å². The molecular formula is C16H34N2O3. The second kappa shape index (κ2) is 10.5. The predicted molar refractivity (Wildman–Crippen MR) is 85.6 cm³/mol. The van der Waals surface area contributed by atoms with Crippen LogP contribution in [0.2, 0.25) is 0 Å². The molecule has 0 bridgehead atoms. The van der Waals surface area contributed by atoms with Crippen LogP contribution < -0.4 is 5.32 Å². The van der Waals surface area contributed by atoms with Gasteiger partial charge in [0.05, 0.1) is 25.4 Å². The SMILES string of the molecule is COCC(C)OCC(O)CN1CCCCC1CNC(C)C. The first-order chi connectivity index (χ1) is 10.0. The normalized spacial score (nSPS) is 23.4. The summed E-state index contributed by atoms with van der Waals surface area (Å²) in [6.07, 6.45) is 3.34. The van der Waals surface area contributed by atoms with Gasteiger partial charge >= 0.3 is 0 Å². The quantitative estimate of drug-likeness (QED) is 0.636. The van der Waals surface area contributed by atoms with Crippen molar-refractivity contribution in [3.8, 4) is 0 Å². The molecule has 0 aromatic rings. The highest BCUT2D eigenvalue weighted by molar-refractivity contribution is 4.81. The van der Waals surface area contributed by atoms with Crippen LogP contribution in [-0.2, 0) is 9.47 Å². The van der Waals surface area contributed by atoms with Gasteiger partial charge in [-0.2, -0.15) is 0 Å². The lowest BCUT2D eigenvalue weighted by atomic mass is 10.0. The molecule has 126 valence electrons. The van der Waals surface area contributed by atoms with E-state index in [0.717, 1.165) is 13.1 Å². The summed E-state index contributed by atoms with van der Waals surface area (Å²) < 4.78 is 10.6. The monoisotopic (exact) mass is 302 g/mol. The van der Waals surface area contributed by atoms with E-state index in [1.807, 2.05) is 6.92 Å². The number of rotatable bonds is 10. The summed E-state index contributed by atoms with van der Waals surface area (Å²) in [5.41, 5.74) is 0. The first-order valence-corrected chi connectivity index (χ1v) is 8.29. The summed E-state index contributed by atoms with van der Waals surface area (Å²) in [5.74, 6) is 0. The topological polar surface area (TPSA) is 54.0 Å². The third-order valence-corrected chi connectivity index (χ3v) is 3.93. The van der Waals surface area contributed by atoms with Crippen LogP contribution in [0.5, 0.6) is 0 Å². The van der Waals surface area contributed by atoms with Gasteiger partial charge in [0.2, 0.25) is 0 Å². The number of aliphatic hydroxyl groups excluding tert-OH is 1. The average Bonchev–Trinajstić information content (AvgIpc) is 2.44. The number of β-amino-alcohol motifs (C(OH)–C–C–N with tert-alkyl or cyclic N) is 1. The molecule has 1 rings (SSSR count). The van der Waals surface area contributed by atoms with Gasteiger partial charge in [-0.05, 0) is 26.3 Å². The molecule has 3 atom stereocenters. The van der Waals surface area contributed by atoms with Gasteiger partial charge in [-0.15, -0.1) is 0 Å². The Morgan fingerprint density at radius 2 is 2.00 bits per heavy atom. The summed E-state index contributed by atoms with van der Waals surface area (Å²) in [7, 11) is 1.66. The third-order valence-electron chi connectivity index (χ3n) is 3.93. The Labute approximate surface area is 130 Å². The first kappa shape index (κ1) is 18.8. The molecule has 0 saturated carbocycles. The van der Waals surface area contributed by atoms with Crippen molar-refractivity contribution in [1.82, 2.24) is 10.2 Å². The molecule has 0 spiro atoms. The molecule has 1 aliphatic heterocycles. The highest BCUT2D eigenvalue weighted by Gasteiger charge is 2.24. The Morgan fingerprint density at radius 3 is 2.67 bits per heavy atom. The third kappa shape index (κ3) is 8.12. The number of nitrogens with one attached hydrogen (secondary N) is 1. The van der Waals surface area contributed by atoms with E-state index in [4.69, 9.17) is 9.47 Å². The summed E-state index contributed by atoms with van der Waals surface area (Å²) in [6.45, 7) is 10.0. The van der Waals surface area contributed by atoms with Gasteiger partial charge < -0.3 is 19.9 Å². The second-order valence-corrected chi connectivity index (χ2v) is 6.46. The predicted octanol–water partition coefficient (Wildman–Crippen LogP) is 1.25. The number of nitrogens with zero attached hydrogens (tertiary/aromatic N) is 1. The van der Waals surface area contributed by atoms with Crippen molar-refractivity contribution in [1.29, 1.82) is 0 Å². The number of aliphatic hydroxyl groups is 1. The van der Waals surface area contributed by atoms with E-state index in [1.54, 1.807) is 7.11 Å². The standard InChI is InChI=1S/C16H34N2O3/c1-13(2)17-9-15-7-5-6-8-18(15)10-16(19)12-21-14(3)11-20-4/h13-17,19H,5-12H2,1-4H3. The van der Waals surface area contributed by atoms with Crippen LogP contribution in [-0.4, -0.2) is 74.3 Å². The van der Waals surface area contributed by atoms with Gasteiger partial charge in [-0.3, -0.25) is 4.90 Å². The Kier molecular flexibility index (Phi) is 9.44.